The van der Waals surface area contributed by atoms with Gasteiger partial charge in [-0.2, -0.15) is 0 Å². The molecule has 0 N–H and O–H groups in total. The molecule has 1 unspecified atom stereocenters. The van der Waals surface area contributed by atoms with E-state index in [1.807, 2.05) is 49.7 Å². The molecule has 0 aliphatic heterocycles. The molecule has 0 amide bonds. The van der Waals surface area contributed by atoms with E-state index in [4.69, 9.17) is 15.0 Å². The van der Waals surface area contributed by atoms with Gasteiger partial charge in [-0.1, -0.05) is 166 Å². The Labute approximate surface area is 330 Å². The Bertz CT molecular complexity index is 2760. The van der Waals surface area contributed by atoms with Crippen molar-refractivity contribution < 1.29 is 4.57 Å². The van der Waals surface area contributed by atoms with Crippen molar-refractivity contribution in [3.8, 4) is 56.4 Å². The highest BCUT2D eigenvalue weighted by Gasteiger charge is 2.47. The Hall–Kier alpha value is -5.79. The number of benzene rings is 7. The molecule has 4 nitrogen and oxygen atoms in total. The third-order valence-electron chi connectivity index (χ3n) is 10.9. The van der Waals surface area contributed by atoms with Crippen molar-refractivity contribution >= 4 is 25.7 Å². The van der Waals surface area contributed by atoms with Crippen LogP contribution in [-0.2, 0) is 9.98 Å². The van der Waals surface area contributed by atoms with Crippen molar-refractivity contribution in [3.63, 3.8) is 0 Å². The Balaban J connectivity index is 1.28. The summed E-state index contributed by atoms with van der Waals surface area (Å²) in [6.45, 7) is 8.34. The van der Waals surface area contributed by atoms with E-state index in [-0.39, 0.29) is 7.92 Å². The van der Waals surface area contributed by atoms with Crippen LogP contribution in [0.5, 0.6) is 0 Å². The minimum atomic E-state index is -2.58. The van der Waals surface area contributed by atoms with Crippen molar-refractivity contribution in [1.82, 2.24) is 15.0 Å². The Kier molecular flexibility index (Phi) is 9.21. The van der Waals surface area contributed by atoms with Crippen molar-refractivity contribution in [3.05, 3.63) is 198 Å². The van der Waals surface area contributed by atoms with Gasteiger partial charge in [-0.25, -0.2) is 15.0 Å². The van der Waals surface area contributed by atoms with Crippen LogP contribution in [0.25, 0.3) is 56.4 Å². The number of hydrogen-bond donors (Lipinski definition) is 0. The first-order valence-electron chi connectivity index (χ1n) is 18.9. The van der Waals surface area contributed by atoms with E-state index in [9.17, 15) is 4.57 Å². The second kappa shape index (κ2) is 14.4. The van der Waals surface area contributed by atoms with E-state index in [0.29, 0.717) is 17.5 Å². The molecule has 1 aromatic heterocycles. The molecule has 8 aromatic rings. The van der Waals surface area contributed by atoms with Crippen LogP contribution in [0, 0.1) is 0 Å². The van der Waals surface area contributed by atoms with Gasteiger partial charge in [0.1, 0.15) is 7.14 Å². The first kappa shape index (κ1) is 35.9. The molecule has 272 valence electrons. The topological polar surface area (TPSA) is 55.7 Å². The van der Waals surface area contributed by atoms with Crippen molar-refractivity contribution in [2.75, 3.05) is 26.7 Å². The lowest BCUT2D eigenvalue weighted by molar-refractivity contribution is 0.588. The minimum Gasteiger partial charge on any atom is -0.319 e. The van der Waals surface area contributed by atoms with Crippen LogP contribution in [-0.4, -0.2) is 41.6 Å². The number of fused-ring (bicyclic) bond motifs is 3. The second-order valence-electron chi connectivity index (χ2n) is 15.0. The number of hydrogen-bond acceptors (Lipinski definition) is 4. The Morgan fingerprint density at radius 2 is 0.911 bits per heavy atom. The normalized spacial score (nSPS) is 14.7. The maximum absolute atomic E-state index is 13.7. The van der Waals surface area contributed by atoms with Gasteiger partial charge in [0, 0.05) is 22.0 Å². The predicted octanol–water partition coefficient (Wildman–Crippen LogP) is 11.5. The van der Waals surface area contributed by atoms with Crippen molar-refractivity contribution in [2.24, 2.45) is 0 Å². The van der Waals surface area contributed by atoms with E-state index in [1.165, 1.54) is 22.0 Å². The summed E-state index contributed by atoms with van der Waals surface area (Å²) in [5.74, 6) is 1.83. The van der Waals surface area contributed by atoms with Crippen LogP contribution in [0.3, 0.4) is 0 Å². The van der Waals surface area contributed by atoms with Gasteiger partial charge in [0.15, 0.2) is 17.5 Å². The molecule has 0 saturated heterocycles. The van der Waals surface area contributed by atoms with Crippen LogP contribution in [0.1, 0.15) is 22.3 Å². The van der Waals surface area contributed by atoms with Crippen LogP contribution in [0.15, 0.2) is 176 Å². The lowest BCUT2D eigenvalue weighted by atomic mass is 9.67. The zero-order valence-electron chi connectivity index (χ0n) is 31.9. The summed E-state index contributed by atoms with van der Waals surface area (Å²) >= 11 is 0. The van der Waals surface area contributed by atoms with Gasteiger partial charge < -0.3 is 4.57 Å². The smallest absolute Gasteiger partial charge is 0.164 e. The molecule has 0 spiro atoms. The minimum absolute atomic E-state index is 0.363. The molecule has 56 heavy (non-hydrogen) atoms. The highest BCUT2D eigenvalue weighted by atomic mass is 31.2. The van der Waals surface area contributed by atoms with E-state index in [1.54, 1.807) is 0 Å². The molecule has 0 fully saturated rings. The Morgan fingerprint density at radius 1 is 0.446 bits per heavy atom. The summed E-state index contributed by atoms with van der Waals surface area (Å²) in [7, 11) is -2.95. The molecule has 1 aliphatic rings. The first-order chi connectivity index (χ1) is 27.2. The summed E-state index contributed by atoms with van der Waals surface area (Å²) in [6, 6.07) is 61.9. The van der Waals surface area contributed by atoms with Crippen LogP contribution >= 0.6 is 15.1 Å². The number of rotatable bonds is 8. The largest absolute Gasteiger partial charge is 0.319 e. The molecule has 7 aromatic carbocycles. The third-order valence-corrected chi connectivity index (χ3v) is 13.8. The maximum atomic E-state index is 13.7. The summed E-state index contributed by atoms with van der Waals surface area (Å²) in [5.41, 5.74) is 11.4. The molecule has 6 heteroatoms. The average Bonchev–Trinajstić information content (AvgIpc) is 3.54. The SMILES string of the molecule is CP(C)c1ccc2c(c1)C(c1ccccc1)(c1cccc(-c3nc(-c4ccccc4)nc(-c4ccc(-c5ccccc5)cc4)n3)c1)c1cc(P(C)(C)=O)ccc1-2. The maximum Gasteiger partial charge on any atom is 0.164 e. The zero-order valence-corrected chi connectivity index (χ0v) is 33.7. The van der Waals surface area contributed by atoms with Gasteiger partial charge in [0.25, 0.3) is 0 Å². The molecular weight excluding hydrogens is 721 g/mol. The van der Waals surface area contributed by atoms with Crippen molar-refractivity contribution in [1.29, 1.82) is 0 Å². The molecule has 1 aliphatic carbocycles. The molecule has 0 bridgehead atoms. The van der Waals surface area contributed by atoms with E-state index >= 15 is 0 Å². The fourth-order valence-corrected chi connectivity index (χ4v) is 9.71. The van der Waals surface area contributed by atoms with Crippen LogP contribution in [0.4, 0.5) is 0 Å². The van der Waals surface area contributed by atoms with Gasteiger partial charge in [0.05, 0.1) is 5.41 Å². The lowest BCUT2D eigenvalue weighted by Gasteiger charge is -2.35. The molecule has 1 heterocycles. The Morgan fingerprint density at radius 3 is 1.52 bits per heavy atom. The van der Waals surface area contributed by atoms with Crippen LogP contribution < -0.4 is 10.6 Å². The van der Waals surface area contributed by atoms with Crippen LogP contribution in [0.2, 0.25) is 0 Å². The lowest BCUT2D eigenvalue weighted by Crippen LogP contribution is -2.30. The average molecular weight is 762 g/mol. The van der Waals surface area contributed by atoms with Gasteiger partial charge in [-0.3, -0.25) is 0 Å². The third kappa shape index (κ3) is 6.34. The first-order valence-corrected chi connectivity index (χ1v) is 23.7. The fourth-order valence-electron chi connectivity index (χ4n) is 8.07. The molecule has 9 rings (SSSR count). The molecule has 0 saturated carbocycles. The molecule has 0 radical (unpaired) electrons. The molecular formula is C50H41N3OP2. The quantitative estimate of drug-likeness (QED) is 0.145. The summed E-state index contributed by atoms with van der Waals surface area (Å²) in [5, 5.41) is 2.22. The summed E-state index contributed by atoms with van der Waals surface area (Å²) in [6.07, 6.45) is 0. The van der Waals surface area contributed by atoms with Crippen molar-refractivity contribution in [2.45, 2.75) is 5.41 Å². The zero-order chi connectivity index (χ0) is 38.4. The number of nitrogens with zero attached hydrogens (tertiary/aromatic N) is 3. The fraction of sp³-hybridized carbons (Fsp3) is 0.100. The monoisotopic (exact) mass is 761 g/mol. The van der Waals surface area contributed by atoms with Gasteiger partial charge >= 0.3 is 0 Å². The summed E-state index contributed by atoms with van der Waals surface area (Å²) < 4.78 is 13.7. The standard InChI is InChI=1S/C50H41N3OP2/c1-55(2)41-27-29-43-44-30-28-42(56(3,4)54)33-46(44)50(45(43)32-41,39-20-12-7-13-21-39)40-22-14-19-38(31-40)49-52-47(36-17-10-6-11-18-36)51-48(53-49)37-25-23-35(24-26-37)34-15-8-5-9-16-34/h5-33H,1-4H3. The summed E-state index contributed by atoms with van der Waals surface area (Å²) in [4.78, 5) is 15.4. The van der Waals surface area contributed by atoms with E-state index in [2.05, 4.69) is 153 Å². The molecule has 1 atom stereocenters. The predicted molar refractivity (Wildman–Crippen MR) is 236 cm³/mol. The van der Waals surface area contributed by atoms with Gasteiger partial charge in [-0.15, -0.1) is 0 Å². The van der Waals surface area contributed by atoms with Gasteiger partial charge in [0.2, 0.25) is 0 Å². The highest BCUT2D eigenvalue weighted by Crippen LogP contribution is 2.57. The van der Waals surface area contributed by atoms with Gasteiger partial charge in [-0.05, 0) is 94.7 Å². The second-order valence-corrected chi connectivity index (χ2v) is 20.5. The number of aromatic nitrogens is 3. The highest BCUT2D eigenvalue weighted by molar-refractivity contribution is 7.70. The van der Waals surface area contributed by atoms with E-state index in [0.717, 1.165) is 49.8 Å². The van der Waals surface area contributed by atoms with E-state index < -0.39 is 12.6 Å².